The van der Waals surface area contributed by atoms with Crippen LogP contribution in [-0.2, 0) is 0 Å². The normalized spacial score (nSPS) is 11.5. The zero-order chi connectivity index (χ0) is 41.1. The zero-order valence-electron chi connectivity index (χ0n) is 31.5. The molecule has 0 radical (unpaired) electrons. The molecular formula is C52H30F6N2. The molecule has 10 rings (SSSR count). The average molecular weight is 797 g/mol. The van der Waals surface area contributed by atoms with E-state index in [2.05, 4.69) is 0 Å². The van der Waals surface area contributed by atoms with Crippen LogP contribution in [0.1, 0.15) is 0 Å². The predicted octanol–water partition coefficient (Wildman–Crippen LogP) is 15.7. The first-order valence-electron chi connectivity index (χ1n) is 19.1. The molecule has 60 heavy (non-hydrogen) atoms. The van der Waals surface area contributed by atoms with Crippen molar-refractivity contribution < 1.29 is 26.3 Å². The van der Waals surface area contributed by atoms with Crippen molar-refractivity contribution in [1.29, 1.82) is 0 Å². The molecule has 0 saturated carbocycles. The van der Waals surface area contributed by atoms with Crippen LogP contribution in [0.3, 0.4) is 0 Å². The van der Waals surface area contributed by atoms with Crippen molar-refractivity contribution in [2.24, 2.45) is 0 Å². The van der Waals surface area contributed by atoms with Gasteiger partial charge < -0.3 is 9.80 Å². The molecule has 0 bridgehead atoms. The highest BCUT2D eigenvalue weighted by Crippen LogP contribution is 2.49. The lowest BCUT2D eigenvalue weighted by Crippen LogP contribution is -2.14. The fraction of sp³-hybridized carbons (Fsp3) is 0. The molecule has 0 heterocycles. The largest absolute Gasteiger partial charge is 0.304 e. The van der Waals surface area contributed by atoms with Crippen LogP contribution in [0.4, 0.5) is 60.5 Å². The van der Waals surface area contributed by atoms with Gasteiger partial charge in [-0.05, 0) is 129 Å². The number of anilines is 6. The van der Waals surface area contributed by atoms with E-state index in [0.717, 1.165) is 21.5 Å². The Bertz CT molecular complexity index is 3020. The number of nitrogens with zero attached hydrogens (tertiary/aromatic N) is 2. The Morgan fingerprint density at radius 3 is 1.02 bits per heavy atom. The van der Waals surface area contributed by atoms with Crippen molar-refractivity contribution in [3.8, 4) is 22.3 Å². The quantitative estimate of drug-likeness (QED) is 0.112. The molecule has 0 aliphatic heterocycles. The molecule has 2 nitrogen and oxygen atoms in total. The summed E-state index contributed by atoms with van der Waals surface area (Å²) in [5, 5.41) is 4.54. The first-order valence-corrected chi connectivity index (χ1v) is 19.1. The fourth-order valence-corrected chi connectivity index (χ4v) is 8.22. The molecule has 0 spiro atoms. The summed E-state index contributed by atoms with van der Waals surface area (Å²) in [7, 11) is 0. The van der Waals surface area contributed by atoms with Crippen molar-refractivity contribution in [3.63, 3.8) is 0 Å². The fourth-order valence-electron chi connectivity index (χ4n) is 8.22. The standard InChI is InChI=1S/C52H30F6N2/c53-37-19-9-31(10-20-37)35-15-25-43(57)49(29-35)59(47-7-3-1-5-41(47)55)45-27-17-33-14-24-40-46(28-18-34-13-23-39(45)51(33)52(34)40)60(48-8-4-2-6-42(48)56)50-30-36(16-26-44(50)58)32-11-21-38(54)22-12-32/h1-30H. The molecule has 0 aliphatic rings. The minimum Gasteiger partial charge on any atom is -0.304 e. The van der Waals surface area contributed by atoms with Gasteiger partial charge in [0.2, 0.25) is 0 Å². The Balaban J connectivity index is 1.22. The van der Waals surface area contributed by atoms with Crippen LogP contribution in [0.2, 0.25) is 0 Å². The number of halogens is 6. The van der Waals surface area contributed by atoms with Crippen LogP contribution in [0.5, 0.6) is 0 Å². The molecule has 0 fully saturated rings. The van der Waals surface area contributed by atoms with Gasteiger partial charge in [-0.3, -0.25) is 0 Å². The predicted molar refractivity (Wildman–Crippen MR) is 230 cm³/mol. The van der Waals surface area contributed by atoms with Crippen LogP contribution in [0.15, 0.2) is 182 Å². The van der Waals surface area contributed by atoms with Crippen molar-refractivity contribution >= 4 is 66.4 Å². The minimum atomic E-state index is -0.609. The molecule has 290 valence electrons. The minimum absolute atomic E-state index is 0.0693. The Hall–Kier alpha value is -7.58. The Kier molecular flexibility index (Phi) is 8.98. The summed E-state index contributed by atoms with van der Waals surface area (Å²) in [6.45, 7) is 0. The van der Waals surface area contributed by atoms with Crippen LogP contribution in [0, 0.1) is 34.9 Å². The van der Waals surface area contributed by atoms with Crippen molar-refractivity contribution in [3.05, 3.63) is 217 Å². The zero-order valence-corrected chi connectivity index (χ0v) is 31.5. The summed E-state index contributed by atoms with van der Waals surface area (Å²) in [4.78, 5) is 3.10. The van der Waals surface area contributed by atoms with Crippen molar-refractivity contribution in [2.75, 3.05) is 9.80 Å². The van der Waals surface area contributed by atoms with E-state index in [9.17, 15) is 8.78 Å². The number of rotatable bonds is 8. The van der Waals surface area contributed by atoms with E-state index in [0.29, 0.717) is 44.4 Å². The third-order valence-electron chi connectivity index (χ3n) is 11.0. The number of benzene rings is 10. The maximum Gasteiger partial charge on any atom is 0.147 e. The molecule has 0 atom stereocenters. The van der Waals surface area contributed by atoms with Gasteiger partial charge in [-0.25, -0.2) is 26.3 Å². The third kappa shape index (κ3) is 6.25. The summed E-state index contributed by atoms with van der Waals surface area (Å²) in [6.07, 6.45) is 0. The van der Waals surface area contributed by atoms with E-state index in [4.69, 9.17) is 0 Å². The van der Waals surface area contributed by atoms with Gasteiger partial charge in [0.15, 0.2) is 0 Å². The lowest BCUT2D eigenvalue weighted by atomic mass is 9.91. The molecule has 0 N–H and O–H groups in total. The smallest absolute Gasteiger partial charge is 0.147 e. The first-order chi connectivity index (χ1) is 29.2. The summed E-state index contributed by atoms with van der Waals surface area (Å²) in [5.41, 5.74) is 3.79. The van der Waals surface area contributed by atoms with E-state index >= 15 is 17.6 Å². The molecule has 0 unspecified atom stereocenters. The number of hydrogen-bond acceptors (Lipinski definition) is 2. The summed E-state index contributed by atoms with van der Waals surface area (Å²) < 4.78 is 92.3. The van der Waals surface area contributed by atoms with Crippen molar-refractivity contribution in [1.82, 2.24) is 0 Å². The van der Waals surface area contributed by atoms with E-state index in [1.807, 2.05) is 48.5 Å². The van der Waals surface area contributed by atoms with Gasteiger partial charge in [0, 0.05) is 10.8 Å². The molecule has 0 aliphatic carbocycles. The van der Waals surface area contributed by atoms with Gasteiger partial charge in [0.1, 0.15) is 34.9 Å². The Morgan fingerprint density at radius 2 is 0.617 bits per heavy atom. The highest BCUT2D eigenvalue weighted by atomic mass is 19.1. The van der Waals surface area contributed by atoms with Crippen LogP contribution in [-0.4, -0.2) is 0 Å². The topological polar surface area (TPSA) is 6.48 Å². The molecule has 0 aromatic heterocycles. The highest BCUT2D eigenvalue weighted by molar-refractivity contribution is 6.28. The lowest BCUT2D eigenvalue weighted by Gasteiger charge is -2.30. The van der Waals surface area contributed by atoms with E-state index < -0.39 is 34.9 Å². The van der Waals surface area contributed by atoms with Crippen LogP contribution < -0.4 is 9.80 Å². The molecule has 10 aromatic rings. The summed E-state index contributed by atoms with van der Waals surface area (Å²) in [5.74, 6) is -3.20. The van der Waals surface area contributed by atoms with Gasteiger partial charge in [-0.1, -0.05) is 97.1 Å². The highest BCUT2D eigenvalue weighted by Gasteiger charge is 2.26. The van der Waals surface area contributed by atoms with E-state index in [1.54, 1.807) is 94.7 Å². The maximum absolute atomic E-state index is 16.3. The maximum atomic E-state index is 16.3. The third-order valence-corrected chi connectivity index (χ3v) is 11.0. The monoisotopic (exact) mass is 796 g/mol. The second kappa shape index (κ2) is 14.7. The second-order valence-electron chi connectivity index (χ2n) is 14.5. The van der Waals surface area contributed by atoms with E-state index in [1.165, 1.54) is 48.5 Å². The first kappa shape index (κ1) is 36.7. The van der Waals surface area contributed by atoms with Gasteiger partial charge in [-0.15, -0.1) is 0 Å². The van der Waals surface area contributed by atoms with Crippen LogP contribution in [0.25, 0.3) is 54.6 Å². The van der Waals surface area contributed by atoms with Gasteiger partial charge >= 0.3 is 0 Å². The Morgan fingerprint density at radius 1 is 0.267 bits per heavy atom. The Labute approximate surface area is 340 Å². The van der Waals surface area contributed by atoms with Crippen LogP contribution >= 0.6 is 0 Å². The number of hydrogen-bond donors (Lipinski definition) is 0. The SMILES string of the molecule is Fc1ccc(-c2ccc(F)c(N(c3ccccc3F)c3ccc4ccc5c(N(c6ccccc6F)c6cc(-c7ccc(F)cc7)ccc6F)ccc6ccc3c4c65)c2)cc1. The molecular weight excluding hydrogens is 767 g/mol. The van der Waals surface area contributed by atoms with Gasteiger partial charge in [-0.2, -0.15) is 0 Å². The van der Waals surface area contributed by atoms with Crippen molar-refractivity contribution in [2.45, 2.75) is 0 Å². The molecule has 10 aromatic carbocycles. The van der Waals surface area contributed by atoms with Gasteiger partial charge in [0.05, 0.1) is 34.1 Å². The molecule has 0 saturated heterocycles. The number of para-hydroxylation sites is 2. The summed E-state index contributed by atoms with van der Waals surface area (Å²) >= 11 is 0. The van der Waals surface area contributed by atoms with Gasteiger partial charge in [0.25, 0.3) is 0 Å². The van der Waals surface area contributed by atoms with E-state index in [-0.39, 0.29) is 22.7 Å². The molecule has 0 amide bonds. The second-order valence-corrected chi connectivity index (χ2v) is 14.5. The average Bonchev–Trinajstić information content (AvgIpc) is 3.27. The lowest BCUT2D eigenvalue weighted by molar-refractivity contribution is 0.619. The summed E-state index contributed by atoms with van der Waals surface area (Å²) in [6, 6.07) is 48.1. The molecule has 8 heteroatoms.